The first-order valence-corrected chi connectivity index (χ1v) is 7.77. The summed E-state index contributed by atoms with van der Waals surface area (Å²) in [6.45, 7) is 1.47. The van der Waals surface area contributed by atoms with Crippen molar-refractivity contribution in [3.63, 3.8) is 0 Å². The van der Waals surface area contributed by atoms with Crippen molar-refractivity contribution >= 4 is 5.97 Å². The highest BCUT2D eigenvalue weighted by atomic mass is 16.5. The summed E-state index contributed by atoms with van der Waals surface area (Å²) in [5.74, 6) is 0.893. The largest absolute Gasteiger partial charge is 0.459 e. The summed E-state index contributed by atoms with van der Waals surface area (Å²) in [7, 11) is 0. The third-order valence-corrected chi connectivity index (χ3v) is 3.54. The van der Waals surface area contributed by atoms with Gasteiger partial charge >= 0.3 is 5.97 Å². The zero-order valence-electron chi connectivity index (χ0n) is 13.7. The smallest absolute Gasteiger partial charge is 0.361 e. The Morgan fingerprint density at radius 2 is 1.88 bits per heavy atom. The van der Waals surface area contributed by atoms with E-state index < -0.39 is 5.97 Å². The van der Waals surface area contributed by atoms with E-state index in [1.54, 1.807) is 19.1 Å². The second-order valence-electron chi connectivity index (χ2n) is 5.34. The Hall–Kier alpha value is -3.68. The van der Waals surface area contributed by atoms with Gasteiger partial charge in [-0.05, 0) is 31.2 Å². The molecule has 0 atom stereocenters. The molecule has 4 rings (SSSR count). The molecule has 1 aromatic carbocycles. The minimum Gasteiger partial charge on any atom is -0.459 e. The SMILES string of the molecule is Cc1oc(-c2ccccc2)nc1C(=O)OCc1nnc(-c2ccco2)o1. The molecule has 130 valence electrons. The lowest BCUT2D eigenvalue weighted by molar-refractivity contribution is 0.0430. The van der Waals surface area contributed by atoms with E-state index in [1.807, 2.05) is 30.3 Å². The van der Waals surface area contributed by atoms with Gasteiger partial charge in [-0.15, -0.1) is 10.2 Å². The van der Waals surface area contributed by atoms with Gasteiger partial charge in [-0.1, -0.05) is 18.2 Å². The second-order valence-corrected chi connectivity index (χ2v) is 5.34. The van der Waals surface area contributed by atoms with Gasteiger partial charge in [-0.25, -0.2) is 9.78 Å². The molecule has 0 saturated carbocycles. The summed E-state index contributed by atoms with van der Waals surface area (Å²) in [6, 6.07) is 12.7. The van der Waals surface area contributed by atoms with Crippen LogP contribution >= 0.6 is 0 Å². The summed E-state index contributed by atoms with van der Waals surface area (Å²) < 4.78 is 21.3. The number of esters is 1. The van der Waals surface area contributed by atoms with Gasteiger partial charge in [0, 0.05) is 5.56 Å². The van der Waals surface area contributed by atoms with Gasteiger partial charge in [0.05, 0.1) is 6.26 Å². The molecular formula is C18H13N3O5. The number of hydrogen-bond donors (Lipinski definition) is 0. The van der Waals surface area contributed by atoms with E-state index in [0.717, 1.165) is 5.56 Å². The molecule has 26 heavy (non-hydrogen) atoms. The number of carbonyl (C=O) groups is 1. The summed E-state index contributed by atoms with van der Waals surface area (Å²) in [5, 5.41) is 7.65. The molecule has 0 fully saturated rings. The quantitative estimate of drug-likeness (QED) is 0.502. The molecule has 0 N–H and O–H groups in total. The normalized spacial score (nSPS) is 10.8. The lowest BCUT2D eigenvalue weighted by Gasteiger charge is -1.98. The molecular weight excluding hydrogens is 338 g/mol. The molecule has 3 aromatic heterocycles. The molecule has 0 saturated heterocycles. The van der Waals surface area contributed by atoms with Crippen molar-refractivity contribution in [3.8, 4) is 23.1 Å². The third kappa shape index (κ3) is 3.12. The van der Waals surface area contributed by atoms with Crippen LogP contribution in [0, 0.1) is 6.92 Å². The first-order valence-electron chi connectivity index (χ1n) is 7.77. The maximum absolute atomic E-state index is 12.3. The van der Waals surface area contributed by atoms with Crippen LogP contribution in [0.2, 0.25) is 0 Å². The number of ether oxygens (including phenoxy) is 1. The van der Waals surface area contributed by atoms with Gasteiger partial charge in [0.1, 0.15) is 5.76 Å². The number of carbonyl (C=O) groups excluding carboxylic acids is 1. The predicted octanol–water partition coefficient (Wildman–Crippen LogP) is 3.65. The minimum atomic E-state index is -0.633. The fourth-order valence-electron chi connectivity index (χ4n) is 2.30. The van der Waals surface area contributed by atoms with Gasteiger partial charge in [0.2, 0.25) is 5.89 Å². The maximum atomic E-state index is 12.3. The van der Waals surface area contributed by atoms with Gasteiger partial charge < -0.3 is 18.0 Å². The number of nitrogens with zero attached hydrogens (tertiary/aromatic N) is 3. The van der Waals surface area contributed by atoms with Crippen molar-refractivity contribution in [2.75, 3.05) is 0 Å². The van der Waals surface area contributed by atoms with Gasteiger partial charge in [-0.3, -0.25) is 0 Å². The molecule has 0 radical (unpaired) electrons. The van der Waals surface area contributed by atoms with Crippen LogP contribution < -0.4 is 0 Å². The Balaban J connectivity index is 1.45. The van der Waals surface area contributed by atoms with Crippen LogP contribution in [0.15, 0.2) is 62.0 Å². The summed E-state index contributed by atoms with van der Waals surface area (Å²) in [4.78, 5) is 16.5. The molecule has 0 aliphatic carbocycles. The van der Waals surface area contributed by atoms with Crippen molar-refractivity contribution < 1.29 is 22.8 Å². The summed E-state index contributed by atoms with van der Waals surface area (Å²) >= 11 is 0. The van der Waals surface area contributed by atoms with Crippen LogP contribution in [0.4, 0.5) is 0 Å². The Bertz CT molecular complexity index is 1020. The number of rotatable bonds is 5. The van der Waals surface area contributed by atoms with Crippen LogP contribution in [0.1, 0.15) is 22.1 Å². The van der Waals surface area contributed by atoms with Gasteiger partial charge in [0.25, 0.3) is 11.8 Å². The van der Waals surface area contributed by atoms with Crippen molar-refractivity contribution in [3.05, 3.63) is 66.1 Å². The Morgan fingerprint density at radius 3 is 2.65 bits per heavy atom. The van der Waals surface area contributed by atoms with Crippen molar-refractivity contribution in [2.24, 2.45) is 0 Å². The lowest BCUT2D eigenvalue weighted by Crippen LogP contribution is -2.07. The molecule has 8 nitrogen and oxygen atoms in total. The molecule has 0 aliphatic heterocycles. The Kier molecular flexibility index (Phi) is 4.06. The van der Waals surface area contributed by atoms with Crippen LogP contribution in [-0.2, 0) is 11.3 Å². The molecule has 3 heterocycles. The topological polar surface area (TPSA) is 104 Å². The molecule has 0 unspecified atom stereocenters. The highest BCUT2D eigenvalue weighted by molar-refractivity contribution is 5.88. The first-order chi connectivity index (χ1) is 12.7. The number of hydrogen-bond acceptors (Lipinski definition) is 8. The van der Waals surface area contributed by atoms with Crippen molar-refractivity contribution in [1.29, 1.82) is 0 Å². The first kappa shape index (κ1) is 15.8. The zero-order chi connectivity index (χ0) is 17.9. The van der Waals surface area contributed by atoms with E-state index in [4.69, 9.17) is 18.0 Å². The van der Waals surface area contributed by atoms with Gasteiger partial charge in [-0.2, -0.15) is 0 Å². The van der Waals surface area contributed by atoms with Crippen LogP contribution in [0.3, 0.4) is 0 Å². The summed E-state index contributed by atoms with van der Waals surface area (Å²) in [5.41, 5.74) is 0.879. The molecule has 4 aromatic rings. The molecule has 0 bridgehead atoms. The fraction of sp³-hybridized carbons (Fsp3) is 0.111. The van der Waals surface area contributed by atoms with E-state index in [2.05, 4.69) is 15.2 Å². The molecule has 8 heteroatoms. The monoisotopic (exact) mass is 351 g/mol. The summed E-state index contributed by atoms with van der Waals surface area (Å²) in [6.07, 6.45) is 1.50. The molecule has 0 amide bonds. The highest BCUT2D eigenvalue weighted by Crippen LogP contribution is 2.22. The van der Waals surface area contributed by atoms with Crippen LogP contribution in [0.25, 0.3) is 23.1 Å². The number of aromatic nitrogens is 3. The van der Waals surface area contributed by atoms with Crippen LogP contribution in [0.5, 0.6) is 0 Å². The molecule has 0 spiro atoms. The number of furan rings is 1. The van der Waals surface area contributed by atoms with Crippen molar-refractivity contribution in [2.45, 2.75) is 13.5 Å². The minimum absolute atomic E-state index is 0.106. The zero-order valence-corrected chi connectivity index (χ0v) is 13.7. The van der Waals surface area contributed by atoms with E-state index in [-0.39, 0.29) is 24.1 Å². The average molecular weight is 351 g/mol. The van der Waals surface area contributed by atoms with Gasteiger partial charge in [0.15, 0.2) is 18.1 Å². The fourth-order valence-corrected chi connectivity index (χ4v) is 2.30. The predicted molar refractivity (Wildman–Crippen MR) is 87.8 cm³/mol. The van der Waals surface area contributed by atoms with Crippen molar-refractivity contribution in [1.82, 2.24) is 15.2 Å². The number of benzene rings is 1. The standard InChI is InChI=1S/C18H13N3O5/c1-11-15(19-16(25-11)12-6-3-2-4-7-12)18(22)24-10-14-20-21-17(26-14)13-8-5-9-23-13/h2-9H,10H2,1H3. The van der Waals surface area contributed by atoms with E-state index in [9.17, 15) is 4.79 Å². The Morgan fingerprint density at radius 1 is 1.04 bits per heavy atom. The van der Waals surface area contributed by atoms with Crippen LogP contribution in [-0.4, -0.2) is 21.2 Å². The van der Waals surface area contributed by atoms with E-state index >= 15 is 0 Å². The van der Waals surface area contributed by atoms with E-state index in [1.165, 1.54) is 6.26 Å². The maximum Gasteiger partial charge on any atom is 0.361 e. The number of aryl methyl sites for hydroxylation is 1. The lowest BCUT2D eigenvalue weighted by atomic mass is 10.2. The molecule has 0 aliphatic rings. The average Bonchev–Trinajstić information content (AvgIpc) is 3.40. The Labute approximate surface area is 147 Å². The van der Waals surface area contributed by atoms with E-state index in [0.29, 0.717) is 17.4 Å². The number of oxazole rings is 1. The third-order valence-electron chi connectivity index (χ3n) is 3.54. The highest BCUT2D eigenvalue weighted by Gasteiger charge is 2.20. The second kappa shape index (κ2) is 6.67.